The van der Waals surface area contributed by atoms with E-state index in [-0.39, 0.29) is 18.0 Å². The first-order valence-corrected chi connectivity index (χ1v) is 8.53. The third-order valence-electron chi connectivity index (χ3n) is 3.99. The van der Waals surface area contributed by atoms with Crippen LogP contribution in [-0.2, 0) is 17.9 Å². The molecule has 0 saturated heterocycles. The van der Waals surface area contributed by atoms with Gasteiger partial charge in [-0.15, -0.1) is 0 Å². The average molecular weight is 368 g/mol. The number of amides is 1. The summed E-state index contributed by atoms with van der Waals surface area (Å²) in [7, 11) is 1.71. The van der Waals surface area contributed by atoms with Gasteiger partial charge in [0.25, 0.3) is 5.56 Å². The molecule has 132 valence electrons. The minimum absolute atomic E-state index is 0.125. The topological polar surface area (TPSA) is 55.2 Å². The highest BCUT2D eigenvalue weighted by Crippen LogP contribution is 2.24. The van der Waals surface area contributed by atoms with Gasteiger partial charge in [-0.05, 0) is 17.7 Å². The molecule has 2 aromatic carbocycles. The quantitative estimate of drug-likeness (QED) is 0.695. The molecule has 0 bridgehead atoms. The molecule has 0 aliphatic heterocycles. The number of benzene rings is 2. The van der Waals surface area contributed by atoms with Crippen LogP contribution in [0.3, 0.4) is 0 Å². The van der Waals surface area contributed by atoms with E-state index in [0.717, 1.165) is 5.56 Å². The fourth-order valence-corrected chi connectivity index (χ4v) is 2.80. The summed E-state index contributed by atoms with van der Waals surface area (Å²) in [6.45, 7) is 0.346. The molecule has 3 rings (SSSR count). The minimum Gasteiger partial charge on any atom is -0.340 e. The molecule has 1 aromatic heterocycles. The lowest BCUT2D eigenvalue weighted by atomic mass is 10.1. The van der Waals surface area contributed by atoms with E-state index in [1.54, 1.807) is 24.1 Å². The van der Waals surface area contributed by atoms with Gasteiger partial charge in [-0.3, -0.25) is 9.59 Å². The average Bonchev–Trinajstić information content (AvgIpc) is 2.65. The molecule has 0 atom stereocenters. The molecule has 3 aromatic rings. The van der Waals surface area contributed by atoms with Gasteiger partial charge in [0.2, 0.25) is 5.91 Å². The van der Waals surface area contributed by atoms with Crippen LogP contribution in [0.2, 0.25) is 5.02 Å². The van der Waals surface area contributed by atoms with Gasteiger partial charge >= 0.3 is 0 Å². The maximum atomic E-state index is 12.5. The van der Waals surface area contributed by atoms with Crippen LogP contribution in [0.5, 0.6) is 0 Å². The molecule has 0 aliphatic rings. The fraction of sp³-hybridized carbons (Fsp3) is 0.150. The summed E-state index contributed by atoms with van der Waals surface area (Å²) in [6.07, 6.45) is 0. The number of hydrogen-bond acceptors (Lipinski definition) is 3. The van der Waals surface area contributed by atoms with Crippen molar-refractivity contribution in [2.24, 2.45) is 0 Å². The maximum absolute atomic E-state index is 12.5. The van der Waals surface area contributed by atoms with Crippen molar-refractivity contribution in [1.82, 2.24) is 14.7 Å². The third-order valence-corrected chi connectivity index (χ3v) is 4.32. The molecular weight excluding hydrogens is 350 g/mol. The van der Waals surface area contributed by atoms with Crippen molar-refractivity contribution in [3.8, 4) is 11.3 Å². The number of hydrogen-bond donors (Lipinski definition) is 0. The predicted octanol–water partition coefficient (Wildman–Crippen LogP) is 3.22. The largest absolute Gasteiger partial charge is 0.340 e. The number of halogens is 1. The lowest BCUT2D eigenvalue weighted by Crippen LogP contribution is -2.34. The summed E-state index contributed by atoms with van der Waals surface area (Å²) in [4.78, 5) is 26.2. The van der Waals surface area contributed by atoms with Crippen molar-refractivity contribution in [2.45, 2.75) is 13.1 Å². The Morgan fingerprint density at radius 3 is 2.46 bits per heavy atom. The first-order chi connectivity index (χ1) is 12.5. The van der Waals surface area contributed by atoms with Crippen LogP contribution >= 0.6 is 11.6 Å². The van der Waals surface area contributed by atoms with Gasteiger partial charge in [-0.25, -0.2) is 4.68 Å². The first kappa shape index (κ1) is 17.9. The lowest BCUT2D eigenvalue weighted by molar-refractivity contribution is -0.131. The summed E-state index contributed by atoms with van der Waals surface area (Å²) in [6, 6.07) is 19.9. The van der Waals surface area contributed by atoms with E-state index >= 15 is 0 Å². The first-order valence-electron chi connectivity index (χ1n) is 8.15. The molecule has 0 N–H and O–H groups in total. The zero-order valence-electron chi connectivity index (χ0n) is 14.3. The van der Waals surface area contributed by atoms with Crippen LogP contribution in [0.25, 0.3) is 11.3 Å². The van der Waals surface area contributed by atoms with Crippen LogP contribution in [-0.4, -0.2) is 27.6 Å². The highest BCUT2D eigenvalue weighted by molar-refractivity contribution is 6.33. The summed E-state index contributed by atoms with van der Waals surface area (Å²) in [5.74, 6) is -0.195. The number of carbonyl (C=O) groups is 1. The van der Waals surface area contributed by atoms with Crippen LogP contribution in [0.4, 0.5) is 0 Å². The van der Waals surface area contributed by atoms with Crippen molar-refractivity contribution in [3.05, 3.63) is 87.7 Å². The number of rotatable bonds is 5. The summed E-state index contributed by atoms with van der Waals surface area (Å²) in [5.41, 5.74) is 1.96. The molecule has 0 aliphatic carbocycles. The van der Waals surface area contributed by atoms with Gasteiger partial charge in [0, 0.05) is 25.2 Å². The van der Waals surface area contributed by atoms with Crippen molar-refractivity contribution >= 4 is 17.5 Å². The number of likely N-dealkylation sites (N-methyl/N-ethyl adjacent to an activating group) is 1. The second kappa shape index (κ2) is 7.97. The summed E-state index contributed by atoms with van der Waals surface area (Å²) in [5, 5.41) is 4.84. The fourth-order valence-electron chi connectivity index (χ4n) is 2.57. The zero-order chi connectivity index (χ0) is 18.5. The van der Waals surface area contributed by atoms with Gasteiger partial charge < -0.3 is 4.90 Å². The van der Waals surface area contributed by atoms with Crippen LogP contribution in [0.1, 0.15) is 5.56 Å². The predicted molar refractivity (Wildman–Crippen MR) is 102 cm³/mol. The van der Waals surface area contributed by atoms with Crippen molar-refractivity contribution in [2.75, 3.05) is 7.05 Å². The highest BCUT2D eigenvalue weighted by atomic mass is 35.5. The lowest BCUT2D eigenvalue weighted by Gasteiger charge is -2.17. The Bertz CT molecular complexity index is 970. The SMILES string of the molecule is CN(Cc1ccccc1)C(=O)Cn1nc(-c2ccccc2Cl)ccc1=O. The molecule has 1 heterocycles. The highest BCUT2D eigenvalue weighted by Gasteiger charge is 2.13. The van der Waals surface area contributed by atoms with Crippen LogP contribution in [0, 0.1) is 0 Å². The molecule has 26 heavy (non-hydrogen) atoms. The Morgan fingerprint density at radius 2 is 1.73 bits per heavy atom. The van der Waals surface area contributed by atoms with Crippen LogP contribution < -0.4 is 5.56 Å². The van der Waals surface area contributed by atoms with E-state index in [1.807, 2.05) is 48.5 Å². The molecule has 0 radical (unpaired) electrons. The van der Waals surface area contributed by atoms with Gasteiger partial charge in [-0.2, -0.15) is 5.10 Å². The smallest absolute Gasteiger partial charge is 0.267 e. The zero-order valence-corrected chi connectivity index (χ0v) is 15.1. The Kier molecular flexibility index (Phi) is 5.49. The van der Waals surface area contributed by atoms with E-state index in [2.05, 4.69) is 5.10 Å². The Hall–Kier alpha value is -2.92. The van der Waals surface area contributed by atoms with E-state index in [4.69, 9.17) is 11.6 Å². The van der Waals surface area contributed by atoms with Crippen molar-refractivity contribution in [1.29, 1.82) is 0 Å². The van der Waals surface area contributed by atoms with Crippen LogP contribution in [0.15, 0.2) is 71.5 Å². The van der Waals surface area contributed by atoms with Gasteiger partial charge in [0.05, 0.1) is 10.7 Å². The maximum Gasteiger partial charge on any atom is 0.267 e. The second-order valence-electron chi connectivity index (χ2n) is 5.93. The van der Waals surface area contributed by atoms with Gasteiger partial charge in [-0.1, -0.05) is 60.1 Å². The monoisotopic (exact) mass is 367 g/mol. The molecule has 0 saturated carbocycles. The number of nitrogens with zero attached hydrogens (tertiary/aromatic N) is 3. The standard InChI is InChI=1S/C20H18ClN3O2/c1-23(13-15-7-3-2-4-8-15)20(26)14-24-19(25)12-11-18(22-24)16-9-5-6-10-17(16)21/h2-12H,13-14H2,1H3. The van der Waals surface area contributed by atoms with Gasteiger partial charge in [0.1, 0.15) is 6.54 Å². The van der Waals surface area contributed by atoms with Crippen molar-refractivity contribution in [3.63, 3.8) is 0 Å². The normalized spacial score (nSPS) is 10.5. The van der Waals surface area contributed by atoms with E-state index in [9.17, 15) is 9.59 Å². The number of aromatic nitrogens is 2. The molecule has 0 spiro atoms. The minimum atomic E-state index is -0.331. The van der Waals surface area contributed by atoms with E-state index in [1.165, 1.54) is 10.7 Å². The van der Waals surface area contributed by atoms with E-state index < -0.39 is 0 Å². The molecule has 6 heteroatoms. The second-order valence-corrected chi connectivity index (χ2v) is 6.34. The van der Waals surface area contributed by atoms with E-state index in [0.29, 0.717) is 22.8 Å². The molecule has 5 nitrogen and oxygen atoms in total. The molecule has 0 fully saturated rings. The Morgan fingerprint density at radius 1 is 1.04 bits per heavy atom. The molecule has 1 amide bonds. The Balaban J connectivity index is 1.79. The number of carbonyl (C=O) groups excluding carboxylic acids is 1. The molecular formula is C20H18ClN3O2. The third kappa shape index (κ3) is 4.18. The molecule has 0 unspecified atom stereocenters. The summed E-state index contributed by atoms with van der Waals surface area (Å²) < 4.78 is 1.17. The van der Waals surface area contributed by atoms with Crippen molar-refractivity contribution < 1.29 is 4.79 Å². The summed E-state index contributed by atoms with van der Waals surface area (Å²) >= 11 is 6.19. The Labute approximate surface area is 156 Å². The van der Waals surface area contributed by atoms with Gasteiger partial charge in [0.15, 0.2) is 0 Å².